The summed E-state index contributed by atoms with van der Waals surface area (Å²) < 4.78 is 1.14. The number of benzene rings is 1. The first kappa shape index (κ1) is 12.8. The van der Waals surface area contributed by atoms with E-state index in [1.165, 1.54) is 0 Å². The molecule has 0 saturated carbocycles. The van der Waals surface area contributed by atoms with Gasteiger partial charge in [-0.3, -0.25) is 11.3 Å². The van der Waals surface area contributed by atoms with Gasteiger partial charge in [0.1, 0.15) is 0 Å². The lowest BCUT2D eigenvalue weighted by molar-refractivity contribution is 0.565. The fourth-order valence-corrected chi connectivity index (χ4v) is 2.14. The first-order valence-corrected chi connectivity index (χ1v) is 5.95. The molecule has 4 heteroatoms. The molecule has 3 N–H and O–H groups in total. The zero-order valence-corrected chi connectivity index (χ0v) is 11.3. The second kappa shape index (κ2) is 6.33. The van der Waals surface area contributed by atoms with Gasteiger partial charge in [-0.1, -0.05) is 11.6 Å². The molecule has 1 aromatic rings. The van der Waals surface area contributed by atoms with E-state index < -0.39 is 0 Å². The highest BCUT2D eigenvalue weighted by atomic mass is 127. The maximum Gasteiger partial charge on any atom is 0.0580 e. The van der Waals surface area contributed by atoms with E-state index in [-0.39, 0.29) is 6.04 Å². The largest absolute Gasteiger partial charge is 0.271 e. The van der Waals surface area contributed by atoms with Crippen molar-refractivity contribution in [1.29, 1.82) is 0 Å². The van der Waals surface area contributed by atoms with Crippen molar-refractivity contribution in [1.82, 2.24) is 5.43 Å². The van der Waals surface area contributed by atoms with Crippen LogP contribution in [0.1, 0.15) is 24.9 Å². The predicted molar refractivity (Wildman–Crippen MR) is 72.3 cm³/mol. The van der Waals surface area contributed by atoms with Crippen LogP contribution in [0.3, 0.4) is 0 Å². The lowest BCUT2D eigenvalue weighted by Crippen LogP contribution is -2.28. The van der Waals surface area contributed by atoms with Gasteiger partial charge in [0, 0.05) is 15.0 Å². The molecular weight excluding hydrogens is 322 g/mol. The van der Waals surface area contributed by atoms with Crippen molar-refractivity contribution < 1.29 is 0 Å². The van der Waals surface area contributed by atoms with Crippen LogP contribution in [-0.2, 0) is 0 Å². The second-order valence-electron chi connectivity index (χ2n) is 3.02. The van der Waals surface area contributed by atoms with Crippen LogP contribution in [0.2, 0.25) is 5.02 Å². The zero-order valence-electron chi connectivity index (χ0n) is 8.35. The van der Waals surface area contributed by atoms with Crippen molar-refractivity contribution in [3.8, 4) is 11.8 Å². The summed E-state index contributed by atoms with van der Waals surface area (Å²) in [4.78, 5) is 0. The molecule has 0 heterocycles. The fourth-order valence-electron chi connectivity index (χ4n) is 1.24. The molecule has 15 heavy (non-hydrogen) atoms. The normalized spacial score (nSPS) is 11.7. The quantitative estimate of drug-likeness (QED) is 0.386. The molecule has 0 bridgehead atoms. The number of nitrogens with two attached hydrogens (primary N) is 1. The Morgan fingerprint density at radius 3 is 2.93 bits per heavy atom. The smallest absolute Gasteiger partial charge is 0.0580 e. The van der Waals surface area contributed by atoms with Gasteiger partial charge >= 0.3 is 0 Å². The Labute approximate surface area is 109 Å². The van der Waals surface area contributed by atoms with E-state index in [9.17, 15) is 0 Å². The molecule has 0 aromatic heterocycles. The van der Waals surface area contributed by atoms with E-state index in [0.29, 0.717) is 6.42 Å². The Morgan fingerprint density at radius 2 is 2.33 bits per heavy atom. The summed E-state index contributed by atoms with van der Waals surface area (Å²) >= 11 is 8.21. The lowest BCUT2D eigenvalue weighted by Gasteiger charge is -2.15. The molecule has 1 unspecified atom stereocenters. The first-order chi connectivity index (χ1) is 7.19. The van der Waals surface area contributed by atoms with Gasteiger partial charge in [0.2, 0.25) is 0 Å². The van der Waals surface area contributed by atoms with E-state index in [2.05, 4.69) is 39.9 Å². The molecule has 80 valence electrons. The highest BCUT2D eigenvalue weighted by molar-refractivity contribution is 14.1. The van der Waals surface area contributed by atoms with Crippen LogP contribution in [0.4, 0.5) is 0 Å². The van der Waals surface area contributed by atoms with Crippen LogP contribution in [0.5, 0.6) is 0 Å². The Hall–Kier alpha value is -0.280. The molecule has 0 radical (unpaired) electrons. The molecule has 1 aromatic carbocycles. The SMILES string of the molecule is CC#CCC(NN)c1cc(Cl)ccc1I. The summed E-state index contributed by atoms with van der Waals surface area (Å²) in [5.41, 5.74) is 3.85. The van der Waals surface area contributed by atoms with E-state index in [0.717, 1.165) is 14.2 Å². The fraction of sp³-hybridized carbons (Fsp3) is 0.273. The molecule has 0 spiro atoms. The summed E-state index contributed by atoms with van der Waals surface area (Å²) in [6.07, 6.45) is 0.684. The summed E-state index contributed by atoms with van der Waals surface area (Å²) in [6, 6.07) is 5.79. The molecule has 1 rings (SSSR count). The number of hydrogen-bond acceptors (Lipinski definition) is 2. The van der Waals surface area contributed by atoms with Crippen molar-refractivity contribution in [3.63, 3.8) is 0 Å². The number of halogens is 2. The molecule has 0 aliphatic rings. The Bertz CT molecular complexity index is 395. The van der Waals surface area contributed by atoms with Crippen LogP contribution in [0, 0.1) is 15.4 Å². The molecule has 0 saturated heterocycles. The Morgan fingerprint density at radius 1 is 1.60 bits per heavy atom. The maximum absolute atomic E-state index is 5.94. The van der Waals surface area contributed by atoms with Gasteiger partial charge in [-0.2, -0.15) is 0 Å². The number of hydrazine groups is 1. The van der Waals surface area contributed by atoms with Crippen LogP contribution in [0.15, 0.2) is 18.2 Å². The first-order valence-electron chi connectivity index (χ1n) is 4.49. The summed E-state index contributed by atoms with van der Waals surface area (Å²) in [5.74, 6) is 11.4. The minimum atomic E-state index is 0.0306. The third-order valence-corrected chi connectivity index (χ3v) is 3.24. The summed E-state index contributed by atoms with van der Waals surface area (Å²) in [7, 11) is 0. The maximum atomic E-state index is 5.94. The van der Waals surface area contributed by atoms with Crippen molar-refractivity contribution in [3.05, 3.63) is 32.4 Å². The van der Waals surface area contributed by atoms with Gasteiger partial charge in [0.15, 0.2) is 0 Å². The molecule has 0 amide bonds. The second-order valence-corrected chi connectivity index (χ2v) is 4.61. The standard InChI is InChI=1S/C11H12ClIN2/c1-2-3-4-11(15-14)9-7-8(12)5-6-10(9)13/h5-7,11,15H,4,14H2,1H3. The zero-order chi connectivity index (χ0) is 11.3. The van der Waals surface area contributed by atoms with Crippen LogP contribution in [-0.4, -0.2) is 0 Å². The highest BCUT2D eigenvalue weighted by Crippen LogP contribution is 2.25. The summed E-state index contributed by atoms with van der Waals surface area (Å²) in [6.45, 7) is 1.82. The van der Waals surface area contributed by atoms with Crippen molar-refractivity contribution in [2.45, 2.75) is 19.4 Å². The van der Waals surface area contributed by atoms with Crippen molar-refractivity contribution in [2.75, 3.05) is 0 Å². The van der Waals surface area contributed by atoms with Crippen molar-refractivity contribution >= 4 is 34.2 Å². The van der Waals surface area contributed by atoms with Gasteiger partial charge in [-0.15, -0.1) is 11.8 Å². The van der Waals surface area contributed by atoms with Crippen LogP contribution in [0.25, 0.3) is 0 Å². The third kappa shape index (κ3) is 3.65. The Balaban J connectivity index is 2.98. The topological polar surface area (TPSA) is 38.0 Å². The minimum Gasteiger partial charge on any atom is -0.271 e. The molecule has 1 atom stereocenters. The van der Waals surface area contributed by atoms with E-state index >= 15 is 0 Å². The number of nitrogens with one attached hydrogen (secondary N) is 1. The predicted octanol–water partition coefficient (Wildman–Crippen LogP) is 2.86. The average molecular weight is 335 g/mol. The van der Waals surface area contributed by atoms with Gasteiger partial charge < -0.3 is 0 Å². The van der Waals surface area contributed by atoms with E-state index in [1.54, 1.807) is 0 Å². The molecule has 0 aliphatic heterocycles. The van der Waals surface area contributed by atoms with Gasteiger partial charge in [-0.25, -0.2) is 0 Å². The van der Waals surface area contributed by atoms with Gasteiger partial charge in [0.05, 0.1) is 6.04 Å². The van der Waals surface area contributed by atoms with Crippen LogP contribution >= 0.6 is 34.2 Å². The number of rotatable bonds is 3. The van der Waals surface area contributed by atoms with Gasteiger partial charge in [0.25, 0.3) is 0 Å². The lowest BCUT2D eigenvalue weighted by atomic mass is 10.0. The Kier molecular flexibility index (Phi) is 5.40. The molecule has 0 aliphatic carbocycles. The molecule has 0 fully saturated rings. The molecule has 2 nitrogen and oxygen atoms in total. The monoisotopic (exact) mass is 334 g/mol. The van der Waals surface area contributed by atoms with E-state index in [4.69, 9.17) is 17.4 Å². The average Bonchev–Trinajstić information content (AvgIpc) is 2.24. The third-order valence-electron chi connectivity index (χ3n) is 2.02. The van der Waals surface area contributed by atoms with Crippen molar-refractivity contribution in [2.24, 2.45) is 5.84 Å². The number of hydrogen-bond donors (Lipinski definition) is 2. The molecular formula is C11H12ClIN2. The van der Waals surface area contributed by atoms with Gasteiger partial charge in [-0.05, 0) is 53.3 Å². The van der Waals surface area contributed by atoms with E-state index in [1.807, 2.05) is 25.1 Å². The minimum absolute atomic E-state index is 0.0306. The summed E-state index contributed by atoms with van der Waals surface area (Å²) in [5, 5.41) is 0.718. The van der Waals surface area contributed by atoms with Crippen LogP contribution < -0.4 is 11.3 Å². The highest BCUT2D eigenvalue weighted by Gasteiger charge is 2.11.